The molecule has 0 saturated carbocycles. The summed E-state index contributed by atoms with van der Waals surface area (Å²) in [5.41, 5.74) is 1.01. The summed E-state index contributed by atoms with van der Waals surface area (Å²) in [4.78, 5) is 12.1. The van der Waals surface area contributed by atoms with Crippen LogP contribution in [0.15, 0.2) is 24.3 Å². The van der Waals surface area contributed by atoms with Crippen molar-refractivity contribution < 1.29 is 36.6 Å². The van der Waals surface area contributed by atoms with Crippen LogP contribution in [0.4, 0.5) is 27.6 Å². The van der Waals surface area contributed by atoms with Crippen molar-refractivity contribution in [2.24, 2.45) is 0 Å². The number of rotatable bonds is 5. The molecule has 1 heterocycles. The van der Waals surface area contributed by atoms with Gasteiger partial charge >= 0.3 is 12.3 Å². The monoisotopic (exact) mass is 435 g/mol. The van der Waals surface area contributed by atoms with Crippen LogP contribution < -0.4 is 9.64 Å². The Kier molecular flexibility index (Phi) is 5.88. The van der Waals surface area contributed by atoms with E-state index in [4.69, 9.17) is 16.7 Å². The fourth-order valence-electron chi connectivity index (χ4n) is 3.27. The molecule has 0 amide bonds. The minimum Gasteiger partial charge on any atom is -0.481 e. The van der Waals surface area contributed by atoms with E-state index in [2.05, 4.69) is 4.74 Å². The van der Waals surface area contributed by atoms with Crippen LogP contribution in [0.5, 0.6) is 5.75 Å². The van der Waals surface area contributed by atoms with Gasteiger partial charge in [-0.25, -0.2) is 8.78 Å². The number of benzene rings is 2. The number of hydrogen-bond acceptors (Lipinski definition) is 3. The highest BCUT2D eigenvalue weighted by molar-refractivity contribution is 6.31. The molecule has 10 heteroatoms. The van der Waals surface area contributed by atoms with Crippen molar-refractivity contribution in [2.75, 3.05) is 11.4 Å². The summed E-state index contributed by atoms with van der Waals surface area (Å²) in [6.45, 7) is 0.184. The lowest BCUT2D eigenvalue weighted by atomic mass is 9.94. The van der Waals surface area contributed by atoms with Gasteiger partial charge in [0, 0.05) is 31.6 Å². The molecule has 0 bridgehead atoms. The number of fused-ring (bicyclic) bond motifs is 1. The lowest BCUT2D eigenvalue weighted by Crippen LogP contribution is -2.32. The first-order chi connectivity index (χ1) is 13.5. The number of anilines is 1. The van der Waals surface area contributed by atoms with Crippen molar-refractivity contribution in [2.45, 2.75) is 32.2 Å². The second-order valence-electron chi connectivity index (χ2n) is 6.53. The van der Waals surface area contributed by atoms with Crippen LogP contribution in [0.3, 0.4) is 0 Å². The third-order valence-corrected chi connectivity index (χ3v) is 4.85. The predicted molar refractivity (Wildman–Crippen MR) is 95.2 cm³/mol. The maximum absolute atomic E-state index is 14.7. The first kappa shape index (κ1) is 21.2. The summed E-state index contributed by atoms with van der Waals surface area (Å²) in [6, 6.07) is 4.71. The fraction of sp³-hybridized carbons (Fsp3) is 0.316. The van der Waals surface area contributed by atoms with E-state index in [1.807, 2.05) is 0 Å². The molecule has 29 heavy (non-hydrogen) atoms. The molecule has 1 aliphatic heterocycles. The Morgan fingerprint density at radius 3 is 2.59 bits per heavy atom. The number of aliphatic carboxylic acids is 1. The third kappa shape index (κ3) is 4.90. The van der Waals surface area contributed by atoms with Gasteiger partial charge in [-0.3, -0.25) is 4.79 Å². The van der Waals surface area contributed by atoms with Gasteiger partial charge in [0.05, 0.1) is 10.7 Å². The Hall–Kier alpha value is -2.55. The number of carbonyl (C=O) groups is 1. The fourth-order valence-corrected chi connectivity index (χ4v) is 3.48. The topological polar surface area (TPSA) is 49.8 Å². The van der Waals surface area contributed by atoms with Gasteiger partial charge < -0.3 is 14.7 Å². The molecule has 0 aromatic heterocycles. The third-order valence-electron chi connectivity index (χ3n) is 4.58. The molecule has 0 radical (unpaired) electrons. The molecule has 0 aliphatic carbocycles. The van der Waals surface area contributed by atoms with Crippen LogP contribution in [0.25, 0.3) is 0 Å². The molecule has 3 rings (SSSR count). The van der Waals surface area contributed by atoms with Crippen molar-refractivity contribution in [1.82, 2.24) is 0 Å². The van der Waals surface area contributed by atoms with Gasteiger partial charge in [-0.05, 0) is 29.5 Å². The summed E-state index contributed by atoms with van der Waals surface area (Å²) >= 11 is 5.72. The van der Waals surface area contributed by atoms with Crippen molar-refractivity contribution in [1.29, 1.82) is 0 Å². The standard InChI is InChI=1S/C19H15ClF5NO3/c20-14-7-12(29-19(23,24)25)8-15(18(14)22)26-6-5-13-11(9-26)2-1-10(17(13)21)3-4-16(27)28/h1-2,7-8H,3-6,9H2,(H,27,28). The van der Waals surface area contributed by atoms with Gasteiger partial charge in [0.15, 0.2) is 5.82 Å². The number of aryl methyl sites for hydroxylation is 1. The van der Waals surface area contributed by atoms with E-state index in [9.17, 15) is 26.7 Å². The zero-order valence-electron chi connectivity index (χ0n) is 14.8. The number of nitrogens with zero attached hydrogens (tertiary/aromatic N) is 1. The quantitative estimate of drug-likeness (QED) is 0.664. The van der Waals surface area contributed by atoms with Crippen LogP contribution in [-0.4, -0.2) is 24.0 Å². The maximum Gasteiger partial charge on any atom is 0.573 e. The number of ether oxygens (including phenoxy) is 1. The molecule has 1 N–H and O–H groups in total. The van der Waals surface area contributed by atoms with E-state index in [1.165, 1.54) is 11.0 Å². The Morgan fingerprint density at radius 2 is 1.93 bits per heavy atom. The second kappa shape index (κ2) is 8.06. The normalized spacial score (nSPS) is 13.9. The smallest absolute Gasteiger partial charge is 0.481 e. The van der Waals surface area contributed by atoms with Gasteiger partial charge in [0.1, 0.15) is 11.6 Å². The molecule has 0 unspecified atom stereocenters. The maximum atomic E-state index is 14.7. The summed E-state index contributed by atoms with van der Waals surface area (Å²) < 4.78 is 70.4. The zero-order valence-corrected chi connectivity index (χ0v) is 15.6. The van der Waals surface area contributed by atoms with Crippen LogP contribution in [0.2, 0.25) is 5.02 Å². The first-order valence-electron chi connectivity index (χ1n) is 8.56. The molecule has 0 saturated heterocycles. The Labute approximate surface area is 167 Å². The Balaban J connectivity index is 1.87. The van der Waals surface area contributed by atoms with Gasteiger partial charge in [-0.2, -0.15) is 0 Å². The van der Waals surface area contributed by atoms with E-state index in [1.54, 1.807) is 6.07 Å². The number of carboxylic acids is 1. The lowest BCUT2D eigenvalue weighted by Gasteiger charge is -2.32. The average Bonchev–Trinajstić information content (AvgIpc) is 2.62. The number of alkyl halides is 3. The van der Waals surface area contributed by atoms with Crippen molar-refractivity contribution in [3.05, 3.63) is 57.6 Å². The van der Waals surface area contributed by atoms with Crippen LogP contribution in [0.1, 0.15) is 23.1 Å². The number of hydrogen-bond donors (Lipinski definition) is 1. The molecule has 0 atom stereocenters. The SMILES string of the molecule is O=C(O)CCc1ccc2c(c1F)CCN(c1cc(OC(F)(F)F)cc(Cl)c1F)C2. The molecule has 2 aromatic carbocycles. The molecule has 4 nitrogen and oxygen atoms in total. The molecule has 0 spiro atoms. The van der Waals surface area contributed by atoms with Crippen molar-refractivity contribution >= 4 is 23.3 Å². The number of halogens is 6. The first-order valence-corrected chi connectivity index (χ1v) is 8.93. The Bertz CT molecular complexity index is 948. The van der Waals surface area contributed by atoms with E-state index < -0.39 is 34.7 Å². The summed E-state index contributed by atoms with van der Waals surface area (Å²) in [5, 5.41) is 8.23. The summed E-state index contributed by atoms with van der Waals surface area (Å²) in [5.74, 6) is -3.10. The molecular formula is C19H15ClF5NO3. The molecule has 156 valence electrons. The van der Waals surface area contributed by atoms with Gasteiger partial charge in [-0.15, -0.1) is 13.2 Å². The van der Waals surface area contributed by atoms with Crippen LogP contribution in [0, 0.1) is 11.6 Å². The van der Waals surface area contributed by atoms with Crippen LogP contribution in [-0.2, 0) is 24.2 Å². The van der Waals surface area contributed by atoms with Gasteiger partial charge in [-0.1, -0.05) is 23.7 Å². The second-order valence-corrected chi connectivity index (χ2v) is 6.93. The molecule has 1 aliphatic rings. The zero-order chi connectivity index (χ0) is 21.3. The van der Waals surface area contributed by atoms with Gasteiger partial charge in [0.25, 0.3) is 0 Å². The largest absolute Gasteiger partial charge is 0.573 e. The Morgan fingerprint density at radius 1 is 1.21 bits per heavy atom. The van der Waals surface area contributed by atoms with E-state index in [-0.39, 0.29) is 43.6 Å². The minimum absolute atomic E-state index is 0.0409. The van der Waals surface area contributed by atoms with Crippen LogP contribution >= 0.6 is 11.6 Å². The van der Waals surface area contributed by atoms with E-state index >= 15 is 0 Å². The highest BCUT2D eigenvalue weighted by Crippen LogP contribution is 2.36. The number of carboxylic acid groups (broad SMARTS) is 1. The summed E-state index contributed by atoms with van der Waals surface area (Å²) in [6.07, 6.45) is -4.96. The highest BCUT2D eigenvalue weighted by Gasteiger charge is 2.32. The minimum atomic E-state index is -4.96. The van der Waals surface area contributed by atoms with Crippen molar-refractivity contribution in [3.8, 4) is 5.75 Å². The highest BCUT2D eigenvalue weighted by atomic mass is 35.5. The lowest BCUT2D eigenvalue weighted by molar-refractivity contribution is -0.274. The van der Waals surface area contributed by atoms with Gasteiger partial charge in [0.2, 0.25) is 0 Å². The predicted octanol–water partition coefficient (Wildman–Crippen LogP) is 5.10. The van der Waals surface area contributed by atoms with Crippen molar-refractivity contribution in [3.63, 3.8) is 0 Å². The molecular weight excluding hydrogens is 421 g/mol. The average molecular weight is 436 g/mol. The van der Waals surface area contributed by atoms with E-state index in [0.717, 1.165) is 12.1 Å². The summed E-state index contributed by atoms with van der Waals surface area (Å²) in [7, 11) is 0. The molecule has 2 aromatic rings. The van der Waals surface area contributed by atoms with E-state index in [0.29, 0.717) is 11.1 Å². The molecule has 0 fully saturated rings.